The molecule has 1 aromatic rings. The van der Waals surface area contributed by atoms with Gasteiger partial charge >= 0.3 is 0 Å². The van der Waals surface area contributed by atoms with Gasteiger partial charge in [-0.05, 0) is 18.6 Å². The second kappa shape index (κ2) is 6.52. The van der Waals surface area contributed by atoms with Crippen molar-refractivity contribution in [3.63, 3.8) is 0 Å². The standard InChI is InChI=1S/C13H15ClFN/c1-3-5-12(4-2)16-9-10-6-7-11(14)8-13(10)15/h2,6-8,12,16H,3,5,9H2,1H3. The summed E-state index contributed by atoms with van der Waals surface area (Å²) >= 11 is 5.66. The summed E-state index contributed by atoms with van der Waals surface area (Å²) in [6.45, 7) is 2.49. The van der Waals surface area contributed by atoms with Crippen LogP contribution in [-0.4, -0.2) is 6.04 Å². The van der Waals surface area contributed by atoms with Gasteiger partial charge in [-0.2, -0.15) is 0 Å². The lowest BCUT2D eigenvalue weighted by atomic mass is 10.1. The highest BCUT2D eigenvalue weighted by Crippen LogP contribution is 2.14. The summed E-state index contributed by atoms with van der Waals surface area (Å²) < 4.78 is 13.4. The molecule has 0 radical (unpaired) electrons. The number of hydrogen-bond donors (Lipinski definition) is 1. The molecule has 0 heterocycles. The Morgan fingerprint density at radius 2 is 2.31 bits per heavy atom. The van der Waals surface area contributed by atoms with Gasteiger partial charge in [0, 0.05) is 17.1 Å². The zero-order chi connectivity index (χ0) is 12.0. The van der Waals surface area contributed by atoms with Gasteiger partial charge in [-0.3, -0.25) is 5.32 Å². The van der Waals surface area contributed by atoms with Crippen LogP contribution in [0, 0.1) is 18.2 Å². The Labute approximate surface area is 101 Å². The fourth-order valence-electron chi connectivity index (χ4n) is 1.43. The molecule has 1 unspecified atom stereocenters. The van der Waals surface area contributed by atoms with Gasteiger partial charge in [0.25, 0.3) is 0 Å². The van der Waals surface area contributed by atoms with Crippen molar-refractivity contribution in [1.82, 2.24) is 5.32 Å². The van der Waals surface area contributed by atoms with Gasteiger partial charge in [-0.25, -0.2) is 4.39 Å². The van der Waals surface area contributed by atoms with E-state index in [1.807, 2.05) is 0 Å². The monoisotopic (exact) mass is 239 g/mol. The molecular formula is C13H15ClFN. The lowest BCUT2D eigenvalue weighted by Gasteiger charge is -2.12. The molecule has 1 rings (SSSR count). The molecule has 1 nitrogen and oxygen atoms in total. The van der Waals surface area contributed by atoms with E-state index in [4.69, 9.17) is 18.0 Å². The minimum absolute atomic E-state index is 0.0000723. The van der Waals surface area contributed by atoms with Crippen molar-refractivity contribution in [3.8, 4) is 12.3 Å². The smallest absolute Gasteiger partial charge is 0.129 e. The van der Waals surface area contributed by atoms with Gasteiger partial charge < -0.3 is 0 Å². The first-order valence-electron chi connectivity index (χ1n) is 5.30. The zero-order valence-electron chi connectivity index (χ0n) is 9.26. The first kappa shape index (κ1) is 13.0. The maximum absolute atomic E-state index is 13.4. The Morgan fingerprint density at radius 3 is 2.88 bits per heavy atom. The number of terminal acetylenes is 1. The Kier molecular flexibility index (Phi) is 5.31. The molecule has 0 saturated carbocycles. The van der Waals surface area contributed by atoms with Crippen molar-refractivity contribution in [3.05, 3.63) is 34.6 Å². The van der Waals surface area contributed by atoms with Crippen LogP contribution in [0.3, 0.4) is 0 Å². The highest BCUT2D eigenvalue weighted by Gasteiger charge is 2.06. The van der Waals surface area contributed by atoms with E-state index >= 15 is 0 Å². The summed E-state index contributed by atoms with van der Waals surface area (Å²) in [5, 5.41) is 3.53. The van der Waals surface area contributed by atoms with Gasteiger partial charge in [-0.15, -0.1) is 6.42 Å². The van der Waals surface area contributed by atoms with E-state index in [2.05, 4.69) is 18.2 Å². The minimum Gasteiger partial charge on any atom is -0.299 e. The van der Waals surface area contributed by atoms with Gasteiger partial charge in [-0.1, -0.05) is 36.9 Å². The minimum atomic E-state index is -0.299. The van der Waals surface area contributed by atoms with Crippen LogP contribution in [0.25, 0.3) is 0 Å². The lowest BCUT2D eigenvalue weighted by molar-refractivity contribution is 0.539. The predicted molar refractivity (Wildman–Crippen MR) is 65.8 cm³/mol. The summed E-state index contributed by atoms with van der Waals surface area (Å²) in [5.74, 6) is 2.35. The van der Waals surface area contributed by atoms with Crippen LogP contribution in [-0.2, 0) is 6.54 Å². The molecular weight excluding hydrogens is 225 g/mol. The Hall–Kier alpha value is -1.04. The van der Waals surface area contributed by atoms with Crippen molar-refractivity contribution in [2.45, 2.75) is 32.4 Å². The Balaban J connectivity index is 2.57. The predicted octanol–water partition coefficient (Wildman–Crippen LogP) is 3.37. The van der Waals surface area contributed by atoms with Crippen LogP contribution in [0.15, 0.2) is 18.2 Å². The SMILES string of the molecule is C#CC(CCC)NCc1ccc(Cl)cc1F. The fraction of sp³-hybridized carbons (Fsp3) is 0.385. The number of halogens is 2. The van der Waals surface area contributed by atoms with E-state index in [1.165, 1.54) is 6.07 Å². The van der Waals surface area contributed by atoms with Crippen molar-refractivity contribution < 1.29 is 4.39 Å². The Morgan fingerprint density at radius 1 is 1.56 bits per heavy atom. The molecule has 0 bridgehead atoms. The molecule has 86 valence electrons. The van der Waals surface area contributed by atoms with Crippen LogP contribution in [0.1, 0.15) is 25.3 Å². The van der Waals surface area contributed by atoms with Crippen LogP contribution in [0.4, 0.5) is 4.39 Å². The molecule has 1 aromatic carbocycles. The molecule has 1 atom stereocenters. The van der Waals surface area contributed by atoms with Gasteiger partial charge in [0.05, 0.1) is 6.04 Å². The average molecular weight is 240 g/mol. The summed E-state index contributed by atoms with van der Waals surface area (Å²) in [7, 11) is 0. The highest BCUT2D eigenvalue weighted by atomic mass is 35.5. The molecule has 16 heavy (non-hydrogen) atoms. The van der Waals surface area contributed by atoms with Gasteiger partial charge in [0.2, 0.25) is 0 Å². The maximum atomic E-state index is 13.4. The summed E-state index contributed by atoms with van der Waals surface area (Å²) in [6.07, 6.45) is 7.26. The van der Waals surface area contributed by atoms with E-state index in [-0.39, 0.29) is 11.9 Å². The average Bonchev–Trinajstić information content (AvgIpc) is 2.26. The Bertz CT molecular complexity index is 384. The summed E-state index contributed by atoms with van der Waals surface area (Å²) in [4.78, 5) is 0. The van der Waals surface area contributed by atoms with Crippen LogP contribution >= 0.6 is 11.6 Å². The van der Waals surface area contributed by atoms with Crippen molar-refractivity contribution in [2.24, 2.45) is 0 Å². The van der Waals surface area contributed by atoms with Gasteiger partial charge in [0.1, 0.15) is 5.82 Å². The van der Waals surface area contributed by atoms with Crippen LogP contribution < -0.4 is 5.32 Å². The summed E-state index contributed by atoms with van der Waals surface area (Å²) in [5.41, 5.74) is 0.584. The number of nitrogens with one attached hydrogen (secondary N) is 1. The largest absolute Gasteiger partial charge is 0.299 e. The van der Waals surface area contributed by atoms with E-state index in [0.29, 0.717) is 17.1 Å². The zero-order valence-corrected chi connectivity index (χ0v) is 10.0. The normalized spacial score (nSPS) is 12.1. The van der Waals surface area contributed by atoms with Crippen LogP contribution in [0.5, 0.6) is 0 Å². The van der Waals surface area contributed by atoms with E-state index < -0.39 is 0 Å². The molecule has 0 aliphatic heterocycles. The molecule has 0 spiro atoms. The first-order valence-corrected chi connectivity index (χ1v) is 5.68. The highest BCUT2D eigenvalue weighted by molar-refractivity contribution is 6.30. The maximum Gasteiger partial charge on any atom is 0.129 e. The number of rotatable bonds is 5. The fourth-order valence-corrected chi connectivity index (χ4v) is 1.59. The second-order valence-electron chi connectivity index (χ2n) is 3.62. The third kappa shape index (κ3) is 3.84. The molecule has 0 aliphatic carbocycles. The lowest BCUT2D eigenvalue weighted by Crippen LogP contribution is -2.27. The van der Waals surface area contributed by atoms with E-state index in [9.17, 15) is 4.39 Å². The topological polar surface area (TPSA) is 12.0 Å². The van der Waals surface area contributed by atoms with E-state index in [1.54, 1.807) is 12.1 Å². The molecule has 0 saturated heterocycles. The van der Waals surface area contributed by atoms with Crippen molar-refractivity contribution in [2.75, 3.05) is 0 Å². The quantitative estimate of drug-likeness (QED) is 0.777. The van der Waals surface area contributed by atoms with Crippen molar-refractivity contribution in [1.29, 1.82) is 0 Å². The molecule has 0 amide bonds. The number of benzene rings is 1. The third-order valence-electron chi connectivity index (χ3n) is 2.33. The number of hydrogen-bond acceptors (Lipinski definition) is 1. The molecule has 0 aliphatic rings. The molecule has 3 heteroatoms. The molecule has 0 aromatic heterocycles. The molecule has 1 N–H and O–H groups in total. The summed E-state index contributed by atoms with van der Waals surface area (Å²) in [6, 6.07) is 4.65. The van der Waals surface area contributed by atoms with E-state index in [0.717, 1.165) is 12.8 Å². The first-order chi connectivity index (χ1) is 7.67. The molecule has 0 fully saturated rings. The van der Waals surface area contributed by atoms with Crippen molar-refractivity contribution >= 4 is 11.6 Å². The van der Waals surface area contributed by atoms with Gasteiger partial charge in [0.15, 0.2) is 0 Å². The third-order valence-corrected chi connectivity index (χ3v) is 2.57. The second-order valence-corrected chi connectivity index (χ2v) is 4.06. The van der Waals surface area contributed by atoms with Crippen LogP contribution in [0.2, 0.25) is 5.02 Å².